The van der Waals surface area contributed by atoms with E-state index in [-0.39, 0.29) is 12.0 Å². The summed E-state index contributed by atoms with van der Waals surface area (Å²) in [5.74, 6) is 0.592. The van der Waals surface area contributed by atoms with Gasteiger partial charge in [0.15, 0.2) is 0 Å². The van der Waals surface area contributed by atoms with E-state index in [9.17, 15) is 4.79 Å². The molecule has 1 heterocycles. The van der Waals surface area contributed by atoms with Gasteiger partial charge in [0.1, 0.15) is 12.4 Å². The van der Waals surface area contributed by atoms with E-state index in [1.807, 2.05) is 18.2 Å². The standard InChI is InChI=1S/C12H15NO3/c1-8(14)16-7-10-5-9-3-4-11(15-2)6-12(9)13-10/h3-4,6,10,13H,5,7H2,1-2H3. The summed E-state index contributed by atoms with van der Waals surface area (Å²) in [5.41, 5.74) is 2.30. The lowest BCUT2D eigenvalue weighted by atomic mass is 10.1. The summed E-state index contributed by atoms with van der Waals surface area (Å²) in [5, 5.41) is 3.31. The van der Waals surface area contributed by atoms with Crippen LogP contribution in [0.4, 0.5) is 5.69 Å². The SMILES string of the molecule is COc1ccc2c(c1)NC(COC(C)=O)C2. The lowest BCUT2D eigenvalue weighted by molar-refractivity contribution is -0.141. The van der Waals surface area contributed by atoms with Crippen LogP contribution in [0.5, 0.6) is 5.75 Å². The highest BCUT2D eigenvalue weighted by Crippen LogP contribution is 2.29. The fourth-order valence-corrected chi connectivity index (χ4v) is 1.85. The number of ether oxygens (including phenoxy) is 2. The summed E-state index contributed by atoms with van der Waals surface area (Å²) >= 11 is 0. The van der Waals surface area contributed by atoms with E-state index >= 15 is 0 Å². The van der Waals surface area contributed by atoms with E-state index in [2.05, 4.69) is 5.32 Å². The zero-order valence-electron chi connectivity index (χ0n) is 9.45. The van der Waals surface area contributed by atoms with Crippen LogP contribution in [0.1, 0.15) is 12.5 Å². The zero-order chi connectivity index (χ0) is 11.5. The highest BCUT2D eigenvalue weighted by atomic mass is 16.5. The summed E-state index contributed by atoms with van der Waals surface area (Å²) in [4.78, 5) is 10.7. The first-order valence-corrected chi connectivity index (χ1v) is 5.26. The highest BCUT2D eigenvalue weighted by Gasteiger charge is 2.21. The first-order valence-electron chi connectivity index (χ1n) is 5.26. The monoisotopic (exact) mass is 221 g/mol. The molecule has 0 bridgehead atoms. The number of rotatable bonds is 3. The second kappa shape index (κ2) is 4.43. The van der Waals surface area contributed by atoms with Gasteiger partial charge in [-0.05, 0) is 18.1 Å². The van der Waals surface area contributed by atoms with Gasteiger partial charge < -0.3 is 14.8 Å². The second-order valence-corrected chi connectivity index (χ2v) is 3.87. The smallest absolute Gasteiger partial charge is 0.302 e. The molecule has 1 aromatic rings. The van der Waals surface area contributed by atoms with E-state index in [1.54, 1.807) is 7.11 Å². The Morgan fingerprint density at radius 2 is 2.38 bits per heavy atom. The van der Waals surface area contributed by atoms with Crippen LogP contribution >= 0.6 is 0 Å². The van der Waals surface area contributed by atoms with Crippen LogP contribution in [0.2, 0.25) is 0 Å². The van der Waals surface area contributed by atoms with Crippen molar-refractivity contribution < 1.29 is 14.3 Å². The van der Waals surface area contributed by atoms with Crippen molar-refractivity contribution >= 4 is 11.7 Å². The van der Waals surface area contributed by atoms with Crippen LogP contribution in [0.15, 0.2) is 18.2 Å². The molecule has 1 aliphatic rings. The molecule has 1 atom stereocenters. The lowest BCUT2D eigenvalue weighted by Gasteiger charge is -2.10. The molecule has 1 aliphatic heterocycles. The minimum Gasteiger partial charge on any atom is -0.497 e. The van der Waals surface area contributed by atoms with Crippen molar-refractivity contribution in [2.45, 2.75) is 19.4 Å². The van der Waals surface area contributed by atoms with Gasteiger partial charge in [-0.15, -0.1) is 0 Å². The van der Waals surface area contributed by atoms with Gasteiger partial charge in [0, 0.05) is 18.7 Å². The Hall–Kier alpha value is -1.71. The average Bonchev–Trinajstić information content (AvgIpc) is 2.67. The topological polar surface area (TPSA) is 47.6 Å². The molecule has 86 valence electrons. The maximum absolute atomic E-state index is 10.7. The Labute approximate surface area is 94.6 Å². The average molecular weight is 221 g/mol. The number of carbonyl (C=O) groups excluding carboxylic acids is 1. The molecule has 0 saturated heterocycles. The van der Waals surface area contributed by atoms with Crippen LogP contribution < -0.4 is 10.1 Å². The van der Waals surface area contributed by atoms with Gasteiger partial charge >= 0.3 is 5.97 Å². The first kappa shape index (κ1) is 10.8. The fourth-order valence-electron chi connectivity index (χ4n) is 1.85. The number of nitrogens with one attached hydrogen (secondary N) is 1. The molecule has 4 nitrogen and oxygen atoms in total. The Morgan fingerprint density at radius 3 is 3.06 bits per heavy atom. The molecule has 0 aliphatic carbocycles. The third-order valence-electron chi connectivity index (χ3n) is 2.63. The summed E-state index contributed by atoms with van der Waals surface area (Å²) in [6.07, 6.45) is 0.882. The number of benzene rings is 1. The van der Waals surface area contributed by atoms with Crippen molar-refractivity contribution in [3.8, 4) is 5.75 Å². The predicted octanol–water partition coefficient (Wildman–Crippen LogP) is 1.59. The molecular weight excluding hydrogens is 206 g/mol. The van der Waals surface area contributed by atoms with Gasteiger partial charge in [-0.2, -0.15) is 0 Å². The van der Waals surface area contributed by atoms with E-state index in [0.29, 0.717) is 6.61 Å². The van der Waals surface area contributed by atoms with E-state index in [0.717, 1.165) is 17.9 Å². The molecular formula is C12H15NO3. The summed E-state index contributed by atoms with van der Waals surface area (Å²) < 4.78 is 10.1. The summed E-state index contributed by atoms with van der Waals surface area (Å²) in [6.45, 7) is 1.83. The Kier molecular flexibility index (Phi) is 2.99. The summed E-state index contributed by atoms with van der Waals surface area (Å²) in [6, 6.07) is 6.11. The molecule has 1 aromatic carbocycles. The number of methoxy groups -OCH3 is 1. The molecule has 0 aromatic heterocycles. The minimum atomic E-state index is -0.240. The van der Waals surface area contributed by atoms with Crippen molar-refractivity contribution in [3.63, 3.8) is 0 Å². The maximum Gasteiger partial charge on any atom is 0.302 e. The molecule has 4 heteroatoms. The molecule has 0 fully saturated rings. The third-order valence-corrected chi connectivity index (χ3v) is 2.63. The Bertz CT molecular complexity index is 403. The minimum absolute atomic E-state index is 0.172. The summed E-state index contributed by atoms with van der Waals surface area (Å²) in [7, 11) is 1.65. The number of fused-ring (bicyclic) bond motifs is 1. The molecule has 0 radical (unpaired) electrons. The number of esters is 1. The third kappa shape index (κ3) is 2.27. The van der Waals surface area contributed by atoms with Crippen molar-refractivity contribution in [2.24, 2.45) is 0 Å². The van der Waals surface area contributed by atoms with E-state index < -0.39 is 0 Å². The fraction of sp³-hybridized carbons (Fsp3) is 0.417. The lowest BCUT2D eigenvalue weighted by Crippen LogP contribution is -2.23. The molecule has 16 heavy (non-hydrogen) atoms. The van der Waals surface area contributed by atoms with Crippen LogP contribution in [0.25, 0.3) is 0 Å². The van der Waals surface area contributed by atoms with Gasteiger partial charge in [-0.1, -0.05) is 6.07 Å². The number of hydrogen-bond donors (Lipinski definition) is 1. The Balaban J connectivity index is 2.00. The predicted molar refractivity (Wildman–Crippen MR) is 60.7 cm³/mol. The molecule has 1 unspecified atom stereocenters. The normalized spacial score (nSPS) is 17.5. The van der Waals surface area contributed by atoms with Gasteiger partial charge in [0.25, 0.3) is 0 Å². The molecule has 2 rings (SSSR count). The van der Waals surface area contributed by atoms with Gasteiger partial charge in [-0.25, -0.2) is 0 Å². The molecule has 0 amide bonds. The van der Waals surface area contributed by atoms with Gasteiger partial charge in [-0.3, -0.25) is 4.79 Å². The van der Waals surface area contributed by atoms with Crippen molar-refractivity contribution in [1.82, 2.24) is 0 Å². The van der Waals surface area contributed by atoms with Crippen LogP contribution in [-0.4, -0.2) is 25.7 Å². The van der Waals surface area contributed by atoms with E-state index in [4.69, 9.17) is 9.47 Å². The van der Waals surface area contributed by atoms with Crippen LogP contribution in [0.3, 0.4) is 0 Å². The number of anilines is 1. The number of hydrogen-bond acceptors (Lipinski definition) is 4. The highest BCUT2D eigenvalue weighted by molar-refractivity contribution is 5.66. The van der Waals surface area contributed by atoms with E-state index in [1.165, 1.54) is 12.5 Å². The largest absolute Gasteiger partial charge is 0.497 e. The van der Waals surface area contributed by atoms with Gasteiger partial charge in [0.2, 0.25) is 0 Å². The molecule has 1 N–H and O–H groups in total. The zero-order valence-corrected chi connectivity index (χ0v) is 9.45. The number of carbonyl (C=O) groups is 1. The van der Waals surface area contributed by atoms with Crippen molar-refractivity contribution in [2.75, 3.05) is 19.0 Å². The maximum atomic E-state index is 10.7. The van der Waals surface area contributed by atoms with Gasteiger partial charge in [0.05, 0.1) is 13.2 Å². The van der Waals surface area contributed by atoms with Crippen molar-refractivity contribution in [3.05, 3.63) is 23.8 Å². The second-order valence-electron chi connectivity index (χ2n) is 3.87. The quantitative estimate of drug-likeness (QED) is 0.787. The molecule has 0 saturated carbocycles. The molecule has 0 spiro atoms. The van der Waals surface area contributed by atoms with Crippen molar-refractivity contribution in [1.29, 1.82) is 0 Å². The van der Waals surface area contributed by atoms with Crippen LogP contribution in [-0.2, 0) is 16.0 Å². The first-order chi connectivity index (χ1) is 7.69. The Morgan fingerprint density at radius 1 is 1.56 bits per heavy atom. The van der Waals surface area contributed by atoms with Crippen LogP contribution in [0, 0.1) is 0 Å².